The second-order valence-electron chi connectivity index (χ2n) is 4.86. The van der Waals surface area contributed by atoms with Crippen LogP contribution in [0.5, 0.6) is 0 Å². The van der Waals surface area contributed by atoms with Gasteiger partial charge in [0.25, 0.3) is 0 Å². The number of hydrogen-bond acceptors (Lipinski definition) is 3. The van der Waals surface area contributed by atoms with E-state index in [2.05, 4.69) is 0 Å². The Morgan fingerprint density at radius 2 is 1.90 bits per heavy atom. The lowest BCUT2D eigenvalue weighted by Gasteiger charge is -2.32. The number of rotatable bonds is 2. The van der Waals surface area contributed by atoms with Gasteiger partial charge in [-0.2, -0.15) is 13.2 Å². The number of nitrogens with two attached hydrogens (primary N) is 1. The molecule has 4 nitrogen and oxygen atoms in total. The minimum Gasteiger partial charge on any atom is -0.393 e. The third kappa shape index (κ3) is 3.04. The van der Waals surface area contributed by atoms with E-state index < -0.39 is 17.6 Å². The van der Waals surface area contributed by atoms with E-state index >= 15 is 0 Å². The molecule has 0 amide bonds. The SMILES string of the molecule is N=C(N)c1ccc(N2CCC(O)CC2)cc1C(F)(F)F. The monoisotopic (exact) mass is 287 g/mol. The molecule has 2 rings (SSSR count). The molecule has 0 aliphatic carbocycles. The molecule has 0 spiro atoms. The van der Waals surface area contributed by atoms with Crippen molar-refractivity contribution in [3.05, 3.63) is 29.3 Å². The van der Waals surface area contributed by atoms with Crippen molar-refractivity contribution in [1.82, 2.24) is 0 Å². The first-order valence-electron chi connectivity index (χ1n) is 6.27. The van der Waals surface area contributed by atoms with Crippen LogP contribution in [0.15, 0.2) is 18.2 Å². The fourth-order valence-electron chi connectivity index (χ4n) is 2.32. The molecule has 1 aromatic carbocycles. The highest BCUT2D eigenvalue weighted by Gasteiger charge is 2.35. The first-order valence-corrected chi connectivity index (χ1v) is 6.27. The zero-order valence-corrected chi connectivity index (χ0v) is 10.7. The predicted molar refractivity (Wildman–Crippen MR) is 69.9 cm³/mol. The summed E-state index contributed by atoms with van der Waals surface area (Å²) in [5.41, 5.74) is 4.43. The van der Waals surface area contributed by atoms with Gasteiger partial charge in [0.15, 0.2) is 0 Å². The van der Waals surface area contributed by atoms with Crippen LogP contribution >= 0.6 is 0 Å². The van der Waals surface area contributed by atoms with Crippen LogP contribution < -0.4 is 10.6 Å². The molecule has 0 radical (unpaired) electrons. The van der Waals surface area contributed by atoms with Crippen LogP contribution in [-0.2, 0) is 6.18 Å². The molecule has 20 heavy (non-hydrogen) atoms. The maximum Gasteiger partial charge on any atom is 0.417 e. The number of amidine groups is 1. The Kier molecular flexibility index (Phi) is 3.89. The van der Waals surface area contributed by atoms with Crippen molar-refractivity contribution < 1.29 is 18.3 Å². The predicted octanol–water partition coefficient (Wildman–Crippen LogP) is 1.95. The molecule has 0 aromatic heterocycles. The zero-order valence-electron chi connectivity index (χ0n) is 10.7. The van der Waals surface area contributed by atoms with E-state index in [4.69, 9.17) is 11.1 Å². The topological polar surface area (TPSA) is 73.3 Å². The van der Waals surface area contributed by atoms with E-state index in [1.807, 2.05) is 0 Å². The summed E-state index contributed by atoms with van der Waals surface area (Å²) in [6.07, 6.45) is -3.86. The van der Waals surface area contributed by atoms with Gasteiger partial charge in [0, 0.05) is 24.3 Å². The lowest BCUT2D eigenvalue weighted by atomic mass is 10.0. The van der Waals surface area contributed by atoms with Crippen LogP contribution in [0.3, 0.4) is 0 Å². The lowest BCUT2D eigenvalue weighted by Crippen LogP contribution is -2.36. The molecular weight excluding hydrogens is 271 g/mol. The summed E-state index contributed by atoms with van der Waals surface area (Å²) in [6, 6.07) is 3.78. The fourth-order valence-corrected chi connectivity index (χ4v) is 2.32. The number of hydrogen-bond donors (Lipinski definition) is 3. The van der Waals surface area contributed by atoms with Crippen molar-refractivity contribution in [2.24, 2.45) is 5.73 Å². The summed E-state index contributed by atoms with van der Waals surface area (Å²) in [6.45, 7) is 1.02. The number of aliphatic hydroxyl groups excluding tert-OH is 1. The molecular formula is C13H16F3N3O. The molecule has 0 unspecified atom stereocenters. The van der Waals surface area contributed by atoms with Crippen LogP contribution in [0.4, 0.5) is 18.9 Å². The van der Waals surface area contributed by atoms with E-state index in [1.54, 1.807) is 4.90 Å². The van der Waals surface area contributed by atoms with Crippen molar-refractivity contribution in [2.75, 3.05) is 18.0 Å². The summed E-state index contributed by atoms with van der Waals surface area (Å²) < 4.78 is 39.0. The highest BCUT2D eigenvalue weighted by atomic mass is 19.4. The molecule has 1 aliphatic rings. The molecule has 110 valence electrons. The van der Waals surface area contributed by atoms with Crippen molar-refractivity contribution in [3.63, 3.8) is 0 Å². The van der Waals surface area contributed by atoms with E-state index in [0.29, 0.717) is 31.6 Å². The maximum absolute atomic E-state index is 13.0. The smallest absolute Gasteiger partial charge is 0.393 e. The second-order valence-corrected chi connectivity index (χ2v) is 4.86. The average Bonchev–Trinajstić information content (AvgIpc) is 2.38. The van der Waals surface area contributed by atoms with Gasteiger partial charge in [0.1, 0.15) is 5.84 Å². The van der Waals surface area contributed by atoms with Gasteiger partial charge in [-0.05, 0) is 31.0 Å². The highest BCUT2D eigenvalue weighted by Crippen LogP contribution is 2.35. The summed E-state index contributed by atoms with van der Waals surface area (Å²) in [7, 11) is 0. The molecule has 7 heteroatoms. The van der Waals surface area contributed by atoms with E-state index in [9.17, 15) is 18.3 Å². The Balaban J connectivity index is 2.35. The molecule has 1 saturated heterocycles. The Hall–Kier alpha value is -1.76. The minimum atomic E-state index is -4.55. The number of nitrogens with one attached hydrogen (secondary N) is 1. The number of anilines is 1. The van der Waals surface area contributed by atoms with Crippen molar-refractivity contribution in [1.29, 1.82) is 5.41 Å². The fraction of sp³-hybridized carbons (Fsp3) is 0.462. The van der Waals surface area contributed by atoms with E-state index in [-0.39, 0.29) is 11.7 Å². The first-order chi connectivity index (χ1) is 9.29. The van der Waals surface area contributed by atoms with Crippen LogP contribution in [0.2, 0.25) is 0 Å². The molecule has 1 aliphatic heterocycles. The van der Waals surface area contributed by atoms with Gasteiger partial charge in [0.2, 0.25) is 0 Å². The van der Waals surface area contributed by atoms with E-state index in [1.165, 1.54) is 12.1 Å². The maximum atomic E-state index is 13.0. The van der Waals surface area contributed by atoms with Gasteiger partial charge in [-0.3, -0.25) is 5.41 Å². The number of aliphatic hydroxyl groups is 1. The number of nitrogens with zero attached hydrogens (tertiary/aromatic N) is 1. The van der Waals surface area contributed by atoms with E-state index in [0.717, 1.165) is 6.07 Å². The van der Waals surface area contributed by atoms with Gasteiger partial charge >= 0.3 is 6.18 Å². The molecule has 1 heterocycles. The third-order valence-corrected chi connectivity index (χ3v) is 3.43. The minimum absolute atomic E-state index is 0.307. The van der Waals surface area contributed by atoms with Gasteiger partial charge in [-0.25, -0.2) is 0 Å². The molecule has 4 N–H and O–H groups in total. The lowest BCUT2D eigenvalue weighted by molar-refractivity contribution is -0.137. The number of nitrogen functional groups attached to an aromatic ring is 1. The number of benzene rings is 1. The second kappa shape index (κ2) is 5.32. The number of piperidine rings is 1. The van der Waals surface area contributed by atoms with Gasteiger partial charge in [-0.15, -0.1) is 0 Å². The summed E-state index contributed by atoms with van der Waals surface area (Å²) in [4.78, 5) is 1.80. The van der Waals surface area contributed by atoms with Gasteiger partial charge in [0.05, 0.1) is 11.7 Å². The Labute approximate surface area is 114 Å². The van der Waals surface area contributed by atoms with Crippen LogP contribution in [0, 0.1) is 5.41 Å². The van der Waals surface area contributed by atoms with Gasteiger partial charge in [-0.1, -0.05) is 0 Å². The number of alkyl halides is 3. The Bertz CT molecular complexity index is 508. The molecule has 0 bridgehead atoms. The third-order valence-electron chi connectivity index (χ3n) is 3.43. The first kappa shape index (κ1) is 14.6. The van der Waals surface area contributed by atoms with Crippen LogP contribution in [-0.4, -0.2) is 30.1 Å². The van der Waals surface area contributed by atoms with Crippen LogP contribution in [0.25, 0.3) is 0 Å². The van der Waals surface area contributed by atoms with Crippen molar-refractivity contribution >= 4 is 11.5 Å². The quantitative estimate of drug-likeness (QED) is 0.575. The average molecular weight is 287 g/mol. The largest absolute Gasteiger partial charge is 0.417 e. The summed E-state index contributed by atoms with van der Waals surface area (Å²) in [5, 5.41) is 16.7. The Morgan fingerprint density at radius 1 is 1.30 bits per heavy atom. The molecule has 1 fully saturated rings. The molecule has 0 saturated carbocycles. The zero-order chi connectivity index (χ0) is 14.9. The van der Waals surface area contributed by atoms with Crippen LogP contribution in [0.1, 0.15) is 24.0 Å². The number of halogens is 3. The van der Waals surface area contributed by atoms with Crippen molar-refractivity contribution in [2.45, 2.75) is 25.1 Å². The summed E-state index contributed by atoms with van der Waals surface area (Å²) in [5.74, 6) is -0.599. The standard InChI is InChI=1S/C13H16F3N3O/c14-13(15,16)11-7-8(1-2-10(11)12(17)18)19-5-3-9(20)4-6-19/h1-2,7,9,20H,3-6H2,(H3,17,18). The normalized spacial score (nSPS) is 17.3. The van der Waals surface area contributed by atoms with Gasteiger partial charge < -0.3 is 15.7 Å². The summed E-state index contributed by atoms with van der Waals surface area (Å²) >= 11 is 0. The molecule has 1 aromatic rings. The Morgan fingerprint density at radius 3 is 2.40 bits per heavy atom. The van der Waals surface area contributed by atoms with Crippen molar-refractivity contribution in [3.8, 4) is 0 Å². The molecule has 0 atom stereocenters. The highest BCUT2D eigenvalue weighted by molar-refractivity contribution is 5.97.